The molecule has 0 spiro atoms. The Labute approximate surface area is 137 Å². The van der Waals surface area contributed by atoms with Crippen LogP contribution in [0.25, 0.3) is 10.9 Å². The van der Waals surface area contributed by atoms with E-state index in [4.69, 9.17) is 0 Å². The van der Waals surface area contributed by atoms with Crippen molar-refractivity contribution in [2.45, 2.75) is 6.92 Å². The summed E-state index contributed by atoms with van der Waals surface area (Å²) >= 11 is 0. The van der Waals surface area contributed by atoms with Crippen LogP contribution in [0.2, 0.25) is 0 Å². The van der Waals surface area contributed by atoms with Crippen molar-refractivity contribution >= 4 is 38.8 Å². The molecule has 0 unspecified atom stereocenters. The highest BCUT2D eigenvalue weighted by molar-refractivity contribution is 7.85. The van der Waals surface area contributed by atoms with Crippen molar-refractivity contribution in [3.8, 4) is 5.75 Å². The van der Waals surface area contributed by atoms with Crippen LogP contribution in [0, 0.1) is 6.92 Å². The molecule has 118 valence electrons. The number of rotatable bonds is 3. The molecule has 0 fully saturated rings. The van der Waals surface area contributed by atoms with Gasteiger partial charge in [0.05, 0.1) is 11.2 Å². The topological polar surface area (TPSA) is 70.4 Å². The van der Waals surface area contributed by atoms with Gasteiger partial charge < -0.3 is 10.4 Å². The zero-order valence-corrected chi connectivity index (χ0v) is 14.1. The number of aromatic nitrogens is 2. The molecule has 23 heavy (non-hydrogen) atoms. The highest BCUT2D eigenvalue weighted by Gasteiger charge is 2.07. The SMILES string of the molecule is Cc1ccc(O)cc1Nc1ncnc2ccc(N=S(C)C)cc12. The molecular formula is C17H18N4OS. The first-order valence-electron chi connectivity index (χ1n) is 7.14. The first-order chi connectivity index (χ1) is 11.0. The van der Waals surface area contributed by atoms with Crippen LogP contribution in [0.1, 0.15) is 5.56 Å². The van der Waals surface area contributed by atoms with Gasteiger partial charge in [-0.1, -0.05) is 6.07 Å². The zero-order chi connectivity index (χ0) is 16.4. The first-order valence-corrected chi connectivity index (χ1v) is 9.13. The van der Waals surface area contributed by atoms with Gasteiger partial charge in [-0.25, -0.2) is 14.3 Å². The van der Waals surface area contributed by atoms with E-state index in [0.29, 0.717) is 5.82 Å². The summed E-state index contributed by atoms with van der Waals surface area (Å²) in [6.07, 6.45) is 5.67. The summed E-state index contributed by atoms with van der Waals surface area (Å²) in [4.78, 5) is 8.65. The standard InChI is InChI=1S/C17H18N4OS/c1-11-4-6-13(22)9-16(11)20-17-14-8-12(21-23(2)3)5-7-15(14)18-10-19-17/h4-10,22H,1-3H3,(H,18,19,20). The van der Waals surface area contributed by atoms with Crippen LogP contribution in [-0.2, 0) is 10.7 Å². The lowest BCUT2D eigenvalue weighted by Crippen LogP contribution is -1.97. The fraction of sp³-hybridized carbons (Fsp3) is 0.176. The van der Waals surface area contributed by atoms with Gasteiger partial charge >= 0.3 is 0 Å². The number of phenolic OH excluding ortho intramolecular Hbond substituents is 1. The molecule has 0 amide bonds. The summed E-state index contributed by atoms with van der Waals surface area (Å²) in [6.45, 7) is 1.98. The quantitative estimate of drug-likeness (QED) is 0.761. The third-order valence-corrected chi connectivity index (χ3v) is 3.96. The van der Waals surface area contributed by atoms with E-state index in [-0.39, 0.29) is 16.4 Å². The van der Waals surface area contributed by atoms with E-state index in [2.05, 4.69) is 32.2 Å². The lowest BCUT2D eigenvalue weighted by Gasteiger charge is -2.11. The summed E-state index contributed by atoms with van der Waals surface area (Å²) in [5.74, 6) is 0.918. The minimum Gasteiger partial charge on any atom is -0.508 e. The van der Waals surface area contributed by atoms with Crippen molar-refractivity contribution in [3.05, 3.63) is 48.3 Å². The molecular weight excluding hydrogens is 308 g/mol. The number of aryl methyl sites for hydroxylation is 1. The minimum atomic E-state index is -0.0300. The van der Waals surface area contributed by atoms with Crippen molar-refractivity contribution in [2.24, 2.45) is 4.36 Å². The summed E-state index contributed by atoms with van der Waals surface area (Å²) in [5.41, 5.74) is 3.61. The van der Waals surface area contributed by atoms with Crippen LogP contribution < -0.4 is 5.32 Å². The third-order valence-electron chi connectivity index (χ3n) is 3.38. The van der Waals surface area contributed by atoms with Gasteiger partial charge in [-0.2, -0.15) is 0 Å². The summed E-state index contributed by atoms with van der Waals surface area (Å²) in [6, 6.07) is 11.1. The van der Waals surface area contributed by atoms with Gasteiger partial charge in [0.2, 0.25) is 0 Å². The molecule has 0 saturated carbocycles. The number of hydrogen-bond donors (Lipinski definition) is 2. The molecule has 0 bridgehead atoms. The van der Waals surface area contributed by atoms with E-state index >= 15 is 0 Å². The molecule has 3 rings (SSSR count). The molecule has 0 radical (unpaired) electrons. The van der Waals surface area contributed by atoms with E-state index in [9.17, 15) is 5.11 Å². The molecule has 0 aliphatic rings. The van der Waals surface area contributed by atoms with E-state index < -0.39 is 0 Å². The van der Waals surface area contributed by atoms with Crippen LogP contribution in [0.5, 0.6) is 5.75 Å². The van der Waals surface area contributed by atoms with Crippen molar-refractivity contribution in [3.63, 3.8) is 0 Å². The second-order valence-corrected chi connectivity index (χ2v) is 7.14. The van der Waals surface area contributed by atoms with Crippen molar-refractivity contribution in [2.75, 3.05) is 17.8 Å². The number of fused-ring (bicyclic) bond motifs is 1. The van der Waals surface area contributed by atoms with E-state index in [0.717, 1.165) is 27.8 Å². The number of nitrogens with zero attached hydrogens (tertiary/aromatic N) is 3. The summed E-state index contributed by atoms with van der Waals surface area (Å²) < 4.78 is 4.59. The molecule has 2 N–H and O–H groups in total. The first kappa shape index (κ1) is 15.4. The van der Waals surface area contributed by atoms with Crippen LogP contribution in [0.4, 0.5) is 17.2 Å². The number of aromatic hydroxyl groups is 1. The molecule has 1 heterocycles. The fourth-order valence-corrected chi connectivity index (χ4v) is 2.82. The normalized spacial score (nSPS) is 11.0. The minimum absolute atomic E-state index is 0.0300. The van der Waals surface area contributed by atoms with Crippen molar-refractivity contribution in [1.29, 1.82) is 0 Å². The third kappa shape index (κ3) is 3.48. The zero-order valence-electron chi connectivity index (χ0n) is 13.2. The Morgan fingerprint density at radius 3 is 2.70 bits per heavy atom. The largest absolute Gasteiger partial charge is 0.508 e. The fourth-order valence-electron chi connectivity index (χ4n) is 2.28. The Morgan fingerprint density at radius 1 is 1.09 bits per heavy atom. The van der Waals surface area contributed by atoms with Crippen LogP contribution in [0.3, 0.4) is 0 Å². The monoisotopic (exact) mass is 326 g/mol. The average molecular weight is 326 g/mol. The number of phenols is 1. The van der Waals surface area contributed by atoms with Crippen LogP contribution >= 0.6 is 0 Å². The molecule has 3 aromatic rings. The highest BCUT2D eigenvalue weighted by atomic mass is 32.2. The van der Waals surface area contributed by atoms with Gasteiger partial charge in [0.15, 0.2) is 0 Å². The van der Waals surface area contributed by atoms with Gasteiger partial charge in [0.25, 0.3) is 0 Å². The van der Waals surface area contributed by atoms with E-state index in [1.807, 2.05) is 31.2 Å². The second kappa shape index (κ2) is 6.34. The van der Waals surface area contributed by atoms with Crippen LogP contribution in [0.15, 0.2) is 47.1 Å². The second-order valence-electron chi connectivity index (χ2n) is 5.41. The van der Waals surface area contributed by atoms with Crippen molar-refractivity contribution in [1.82, 2.24) is 9.97 Å². The summed E-state index contributed by atoms with van der Waals surface area (Å²) in [5, 5.41) is 13.9. The van der Waals surface area contributed by atoms with Gasteiger partial charge in [0, 0.05) is 17.1 Å². The Balaban J connectivity index is 2.09. The predicted molar refractivity (Wildman–Crippen MR) is 97.0 cm³/mol. The molecule has 5 nitrogen and oxygen atoms in total. The Morgan fingerprint density at radius 2 is 1.91 bits per heavy atom. The maximum Gasteiger partial charge on any atom is 0.141 e. The highest BCUT2D eigenvalue weighted by Crippen LogP contribution is 2.29. The number of hydrogen-bond acceptors (Lipinski definition) is 5. The summed E-state index contributed by atoms with van der Waals surface area (Å²) in [7, 11) is -0.0300. The van der Waals surface area contributed by atoms with E-state index in [1.54, 1.807) is 12.1 Å². The van der Waals surface area contributed by atoms with E-state index in [1.165, 1.54) is 6.33 Å². The Bertz CT molecular complexity index is 904. The molecule has 0 aliphatic heterocycles. The molecule has 0 atom stereocenters. The van der Waals surface area contributed by atoms with Gasteiger partial charge in [-0.15, -0.1) is 10.7 Å². The lowest BCUT2D eigenvalue weighted by molar-refractivity contribution is 0.475. The number of anilines is 2. The Kier molecular flexibility index (Phi) is 4.25. The molecule has 0 aliphatic carbocycles. The van der Waals surface area contributed by atoms with Gasteiger partial charge in [-0.3, -0.25) is 0 Å². The van der Waals surface area contributed by atoms with Crippen LogP contribution in [-0.4, -0.2) is 27.6 Å². The smallest absolute Gasteiger partial charge is 0.141 e. The van der Waals surface area contributed by atoms with Crippen molar-refractivity contribution < 1.29 is 5.11 Å². The molecule has 6 heteroatoms. The maximum absolute atomic E-state index is 9.69. The Hall–Kier alpha value is -2.47. The van der Waals surface area contributed by atoms with Gasteiger partial charge in [-0.05, 0) is 49.3 Å². The van der Waals surface area contributed by atoms with Gasteiger partial charge in [0.1, 0.15) is 17.9 Å². The predicted octanol–water partition coefficient (Wildman–Crippen LogP) is 4.08. The molecule has 2 aromatic carbocycles. The number of benzene rings is 2. The molecule has 1 aromatic heterocycles. The number of nitrogens with one attached hydrogen (secondary N) is 1. The average Bonchev–Trinajstić information content (AvgIpc) is 2.51. The maximum atomic E-state index is 9.69. The lowest BCUT2D eigenvalue weighted by atomic mass is 10.1. The molecule has 0 saturated heterocycles.